The van der Waals surface area contributed by atoms with Crippen molar-refractivity contribution in [2.24, 2.45) is 11.7 Å². The van der Waals surface area contributed by atoms with Crippen LogP contribution in [0.4, 0.5) is 13.2 Å². The Balaban J connectivity index is 1.88. The Morgan fingerprint density at radius 1 is 1.16 bits per heavy atom. The average Bonchev–Trinajstić information content (AvgIpc) is 3.30. The molecule has 3 N–H and O–H groups in total. The first kappa shape index (κ1) is 28.6. The maximum atomic E-state index is 14.1. The molecule has 0 bridgehead atoms. The molecule has 0 radical (unpaired) electrons. The van der Waals surface area contributed by atoms with Crippen LogP contribution in [0.3, 0.4) is 0 Å². The number of alkyl halides is 3. The van der Waals surface area contributed by atoms with Crippen LogP contribution in [0, 0.1) is 5.92 Å². The highest BCUT2D eigenvalue weighted by Gasteiger charge is 2.37. The van der Waals surface area contributed by atoms with E-state index < -0.39 is 44.8 Å². The number of aromatic amines is 1. The highest BCUT2D eigenvalue weighted by molar-refractivity contribution is 7.91. The molecule has 1 fully saturated rings. The number of nitrogens with zero attached hydrogens (tertiary/aromatic N) is 2. The van der Waals surface area contributed by atoms with Crippen molar-refractivity contribution in [3.63, 3.8) is 0 Å². The van der Waals surface area contributed by atoms with Gasteiger partial charge >= 0.3 is 11.9 Å². The fourth-order valence-electron chi connectivity index (χ4n) is 4.72. The Morgan fingerprint density at radius 3 is 2.47 bits per heavy atom. The molecule has 14 heteroatoms. The fourth-order valence-corrected chi connectivity index (χ4v) is 6.33. The summed E-state index contributed by atoms with van der Waals surface area (Å²) in [5, 5.41) is -0.663. The largest absolute Gasteiger partial charge is 0.416 e. The molecule has 1 atom stereocenters. The van der Waals surface area contributed by atoms with Crippen LogP contribution in [0.2, 0.25) is 10.0 Å². The van der Waals surface area contributed by atoms with Gasteiger partial charge in [-0.2, -0.15) is 13.2 Å². The monoisotopic (exact) mass is 592 g/mol. The second-order valence-corrected chi connectivity index (χ2v) is 12.3. The molecule has 206 valence electrons. The summed E-state index contributed by atoms with van der Waals surface area (Å²) in [5.41, 5.74) is 2.19. The molecule has 0 saturated carbocycles. The second-order valence-electron chi connectivity index (χ2n) is 9.24. The number of rotatable bonds is 7. The number of hydrogen-bond donors (Lipinski definition) is 2. The van der Waals surface area contributed by atoms with Gasteiger partial charge in [0.25, 0.3) is 5.56 Å². The topological polar surface area (TPSA) is 118 Å². The summed E-state index contributed by atoms with van der Waals surface area (Å²) in [6, 6.07) is 4.59. The molecule has 4 rings (SSSR count). The lowest BCUT2D eigenvalue weighted by Gasteiger charge is -2.22. The summed E-state index contributed by atoms with van der Waals surface area (Å²) < 4.78 is 68.2. The van der Waals surface area contributed by atoms with Crippen molar-refractivity contribution in [1.82, 2.24) is 14.5 Å². The third-order valence-electron chi connectivity index (χ3n) is 6.78. The molecular formula is C24H25Cl2F3N4O4S. The van der Waals surface area contributed by atoms with Gasteiger partial charge in [0, 0.05) is 18.1 Å². The molecule has 38 heavy (non-hydrogen) atoms. The van der Waals surface area contributed by atoms with E-state index >= 15 is 0 Å². The van der Waals surface area contributed by atoms with Crippen LogP contribution in [-0.4, -0.2) is 48.3 Å². The molecule has 0 amide bonds. The third-order valence-corrected chi connectivity index (χ3v) is 9.26. The first-order valence-electron chi connectivity index (χ1n) is 11.8. The minimum atomic E-state index is -4.83. The van der Waals surface area contributed by atoms with E-state index in [0.29, 0.717) is 30.3 Å². The first-order chi connectivity index (χ1) is 17.8. The molecule has 1 aromatic heterocycles. The third kappa shape index (κ3) is 5.50. The lowest BCUT2D eigenvalue weighted by molar-refractivity contribution is -0.138. The summed E-state index contributed by atoms with van der Waals surface area (Å²) in [7, 11) is -3.76. The van der Waals surface area contributed by atoms with Crippen LogP contribution in [0.15, 0.2) is 38.8 Å². The maximum absolute atomic E-state index is 14.1. The predicted molar refractivity (Wildman–Crippen MR) is 140 cm³/mol. The van der Waals surface area contributed by atoms with E-state index in [2.05, 4.69) is 4.98 Å². The summed E-state index contributed by atoms with van der Waals surface area (Å²) in [5.74, 6) is -0.0930. The zero-order valence-electron chi connectivity index (χ0n) is 20.2. The van der Waals surface area contributed by atoms with Crippen molar-refractivity contribution in [3.05, 3.63) is 71.8 Å². The number of benzene rings is 2. The number of hydrogen-bond acceptors (Lipinski definition) is 6. The van der Waals surface area contributed by atoms with Crippen LogP contribution in [0.25, 0.3) is 10.9 Å². The Hall–Kier alpha value is -2.38. The minimum Gasteiger partial charge on any atom is -0.330 e. The highest BCUT2D eigenvalue weighted by Crippen LogP contribution is 2.39. The first-order valence-corrected chi connectivity index (χ1v) is 14.2. The molecule has 1 saturated heterocycles. The normalized spacial score (nSPS) is 17.0. The van der Waals surface area contributed by atoms with E-state index in [-0.39, 0.29) is 49.8 Å². The summed E-state index contributed by atoms with van der Waals surface area (Å²) in [4.78, 5) is 30.4. The number of likely N-dealkylation sites (tertiary alicyclic amines) is 1. The number of aromatic nitrogens is 2. The van der Waals surface area contributed by atoms with Crippen LogP contribution in [0.1, 0.15) is 30.0 Å². The van der Waals surface area contributed by atoms with E-state index in [1.807, 2.05) is 0 Å². The molecule has 0 unspecified atom stereocenters. The van der Waals surface area contributed by atoms with Gasteiger partial charge in [-0.15, -0.1) is 0 Å². The van der Waals surface area contributed by atoms with Gasteiger partial charge in [-0.05, 0) is 60.8 Å². The van der Waals surface area contributed by atoms with Crippen LogP contribution >= 0.6 is 23.2 Å². The van der Waals surface area contributed by atoms with Gasteiger partial charge in [-0.1, -0.05) is 30.1 Å². The van der Waals surface area contributed by atoms with Crippen LogP contribution in [-0.2, 0) is 29.1 Å². The van der Waals surface area contributed by atoms with Crippen molar-refractivity contribution in [2.75, 3.05) is 25.4 Å². The van der Waals surface area contributed by atoms with Gasteiger partial charge in [-0.25, -0.2) is 13.2 Å². The van der Waals surface area contributed by atoms with Crippen molar-refractivity contribution in [3.8, 4) is 0 Å². The Labute approximate surface area is 226 Å². The van der Waals surface area contributed by atoms with E-state index in [9.17, 15) is 31.2 Å². The lowest BCUT2D eigenvalue weighted by Crippen LogP contribution is -2.36. The highest BCUT2D eigenvalue weighted by atomic mass is 35.5. The van der Waals surface area contributed by atoms with E-state index in [4.69, 9.17) is 28.9 Å². The van der Waals surface area contributed by atoms with E-state index in [1.165, 1.54) is 25.1 Å². The van der Waals surface area contributed by atoms with E-state index in [1.54, 1.807) is 4.90 Å². The van der Waals surface area contributed by atoms with Gasteiger partial charge < -0.3 is 10.7 Å². The number of fused-ring (bicyclic) bond motifs is 1. The van der Waals surface area contributed by atoms with Crippen molar-refractivity contribution in [1.29, 1.82) is 0 Å². The second kappa shape index (κ2) is 10.6. The molecule has 2 heterocycles. The van der Waals surface area contributed by atoms with Crippen molar-refractivity contribution < 1.29 is 21.6 Å². The Kier molecular flexibility index (Phi) is 8.02. The number of nitrogens with two attached hydrogens (primary N) is 1. The maximum Gasteiger partial charge on any atom is 0.416 e. The molecular weight excluding hydrogens is 568 g/mol. The standard InChI is InChI=1S/C24H25Cl2F3N4O4S/c1-2-38(36,37)19-4-3-15(25)7-14(19)11-33-22(34)16-8-18(24(27,28)29)17(20(26)21(16)31-23(33)35)12-32-6-5-13(9-30)10-32/h3-4,7-8,13H,2,5-6,9-12,30H2,1H3,(H,31,35)/t13-/m1/s1. The van der Waals surface area contributed by atoms with Crippen molar-refractivity contribution in [2.45, 2.75) is 37.5 Å². The zero-order valence-corrected chi connectivity index (χ0v) is 22.6. The fraction of sp³-hybridized carbons (Fsp3) is 0.417. The smallest absolute Gasteiger partial charge is 0.330 e. The van der Waals surface area contributed by atoms with Crippen LogP contribution < -0.4 is 17.0 Å². The minimum absolute atomic E-state index is 0.0496. The lowest BCUT2D eigenvalue weighted by atomic mass is 10.0. The molecule has 1 aliphatic heterocycles. The quantitative estimate of drug-likeness (QED) is 0.432. The van der Waals surface area contributed by atoms with Crippen LogP contribution in [0.5, 0.6) is 0 Å². The van der Waals surface area contributed by atoms with Gasteiger partial charge in [0.15, 0.2) is 9.84 Å². The summed E-state index contributed by atoms with van der Waals surface area (Å²) in [6.07, 6.45) is -4.09. The van der Waals surface area contributed by atoms with E-state index in [0.717, 1.165) is 6.42 Å². The Bertz CT molecular complexity index is 1620. The summed E-state index contributed by atoms with van der Waals surface area (Å²) >= 11 is 12.4. The molecule has 3 aromatic rings. The molecule has 8 nitrogen and oxygen atoms in total. The number of nitrogens with one attached hydrogen (secondary N) is 1. The molecule has 0 aliphatic carbocycles. The van der Waals surface area contributed by atoms with Crippen molar-refractivity contribution >= 4 is 43.9 Å². The Morgan fingerprint density at radius 2 is 1.87 bits per heavy atom. The predicted octanol–water partition coefficient (Wildman–Crippen LogP) is 3.64. The average molecular weight is 593 g/mol. The number of halogens is 5. The number of H-pyrrole nitrogens is 1. The van der Waals surface area contributed by atoms with Gasteiger partial charge in [-0.3, -0.25) is 14.3 Å². The molecule has 0 spiro atoms. The number of sulfone groups is 1. The molecule has 2 aromatic carbocycles. The van der Waals surface area contributed by atoms with Gasteiger partial charge in [0.1, 0.15) is 0 Å². The van der Waals surface area contributed by atoms with Gasteiger partial charge in [0.05, 0.1) is 38.7 Å². The zero-order chi connectivity index (χ0) is 28.0. The molecule has 1 aliphatic rings. The summed E-state index contributed by atoms with van der Waals surface area (Å²) in [6.45, 7) is 2.21. The SMILES string of the molecule is CCS(=O)(=O)c1ccc(Cl)cc1Cn1c(=O)[nH]c2c(Cl)c(CN3CC[C@H](CN)C3)c(C(F)(F)F)cc2c1=O. The van der Waals surface area contributed by atoms with Gasteiger partial charge in [0.2, 0.25) is 0 Å².